The fourth-order valence-electron chi connectivity index (χ4n) is 1.17. The van der Waals surface area contributed by atoms with E-state index in [4.69, 9.17) is 0 Å². The molecule has 0 aromatic heterocycles. The number of hydrogen-bond acceptors (Lipinski definition) is 3. The topological polar surface area (TPSA) is 46.5 Å². The van der Waals surface area contributed by atoms with Gasteiger partial charge in [-0.2, -0.15) is 4.91 Å². The van der Waals surface area contributed by atoms with Gasteiger partial charge >= 0.3 is 0 Å². The quantitative estimate of drug-likeness (QED) is 0.528. The van der Waals surface area contributed by atoms with Gasteiger partial charge in [-0.3, -0.25) is 4.79 Å². The van der Waals surface area contributed by atoms with Crippen LogP contribution in [-0.4, -0.2) is 5.78 Å². The van der Waals surface area contributed by atoms with Gasteiger partial charge in [0.15, 0.2) is 5.78 Å². The van der Waals surface area contributed by atoms with Gasteiger partial charge in [-0.15, -0.1) is 0 Å². The molecule has 1 aromatic rings. The molecular formula is C11H11NO2. The number of rotatable bonds is 5. The minimum atomic E-state index is -0.596. The fourth-order valence-corrected chi connectivity index (χ4v) is 1.17. The third kappa shape index (κ3) is 2.62. The molecule has 0 aliphatic rings. The van der Waals surface area contributed by atoms with E-state index in [1.807, 2.05) is 18.2 Å². The maximum absolute atomic E-state index is 11.0. The van der Waals surface area contributed by atoms with Gasteiger partial charge in [0.05, 0.1) is 0 Å². The second-order valence-corrected chi connectivity index (χ2v) is 2.91. The Hall–Kier alpha value is -1.77. The van der Waals surface area contributed by atoms with Crippen molar-refractivity contribution >= 4 is 5.78 Å². The van der Waals surface area contributed by atoms with Crippen LogP contribution in [-0.2, 0) is 4.79 Å². The molecule has 0 saturated carbocycles. The zero-order valence-corrected chi connectivity index (χ0v) is 7.72. The molecule has 0 amide bonds. The van der Waals surface area contributed by atoms with E-state index in [2.05, 4.69) is 11.8 Å². The lowest BCUT2D eigenvalue weighted by Gasteiger charge is -2.06. The molecule has 0 bridgehead atoms. The van der Waals surface area contributed by atoms with Crippen LogP contribution >= 0.6 is 0 Å². The first kappa shape index (κ1) is 10.3. The zero-order chi connectivity index (χ0) is 10.4. The average molecular weight is 189 g/mol. The molecule has 3 nitrogen and oxygen atoms in total. The van der Waals surface area contributed by atoms with Crippen molar-refractivity contribution in [3.05, 3.63) is 53.5 Å². The Balaban J connectivity index is 2.77. The Morgan fingerprint density at radius 1 is 1.43 bits per heavy atom. The van der Waals surface area contributed by atoms with Crippen molar-refractivity contribution in [1.82, 2.24) is 0 Å². The van der Waals surface area contributed by atoms with Crippen LogP contribution in [0.3, 0.4) is 0 Å². The van der Waals surface area contributed by atoms with E-state index in [0.29, 0.717) is 0 Å². The van der Waals surface area contributed by atoms with E-state index in [1.54, 1.807) is 12.1 Å². The lowest BCUT2D eigenvalue weighted by atomic mass is 10.0. The molecule has 0 saturated heterocycles. The molecule has 1 unspecified atom stereocenters. The van der Waals surface area contributed by atoms with Crippen molar-refractivity contribution in [2.24, 2.45) is 5.18 Å². The van der Waals surface area contributed by atoms with Crippen LogP contribution in [0, 0.1) is 4.91 Å². The van der Waals surface area contributed by atoms with Gasteiger partial charge in [-0.05, 0) is 11.6 Å². The molecule has 0 spiro atoms. The Labute approximate surface area is 82.4 Å². The van der Waals surface area contributed by atoms with Gasteiger partial charge in [0.1, 0.15) is 6.04 Å². The molecule has 1 atom stereocenters. The molecule has 0 heterocycles. The largest absolute Gasteiger partial charge is 0.295 e. The van der Waals surface area contributed by atoms with Gasteiger partial charge in [-0.25, -0.2) is 0 Å². The molecular weight excluding hydrogens is 178 g/mol. The van der Waals surface area contributed by atoms with Crippen LogP contribution in [0.1, 0.15) is 18.0 Å². The van der Waals surface area contributed by atoms with Gasteiger partial charge in [0.25, 0.3) is 0 Å². The van der Waals surface area contributed by atoms with Crippen LogP contribution in [0.2, 0.25) is 0 Å². The average Bonchev–Trinajstić information content (AvgIpc) is 2.26. The maximum atomic E-state index is 11.0. The first-order valence-electron chi connectivity index (χ1n) is 4.30. The summed E-state index contributed by atoms with van der Waals surface area (Å²) in [5.41, 5.74) is 0.762. The van der Waals surface area contributed by atoms with E-state index in [1.165, 1.54) is 6.08 Å². The molecule has 0 aliphatic carbocycles. The lowest BCUT2D eigenvalue weighted by Crippen LogP contribution is -2.01. The van der Waals surface area contributed by atoms with Crippen molar-refractivity contribution in [2.75, 3.05) is 0 Å². The minimum Gasteiger partial charge on any atom is -0.295 e. The predicted octanol–water partition coefficient (Wildman–Crippen LogP) is 2.64. The number of carbonyl (C=O) groups is 1. The summed E-state index contributed by atoms with van der Waals surface area (Å²) in [6.07, 6.45) is 1.30. The number of ketones is 1. The van der Waals surface area contributed by atoms with E-state index in [9.17, 15) is 9.70 Å². The molecule has 1 aromatic carbocycles. The van der Waals surface area contributed by atoms with Crippen molar-refractivity contribution < 1.29 is 4.79 Å². The van der Waals surface area contributed by atoms with E-state index in [0.717, 1.165) is 5.56 Å². The third-order valence-corrected chi connectivity index (χ3v) is 1.93. The molecule has 3 heteroatoms. The summed E-state index contributed by atoms with van der Waals surface area (Å²) in [6.45, 7) is 3.35. The summed E-state index contributed by atoms with van der Waals surface area (Å²) in [4.78, 5) is 21.6. The van der Waals surface area contributed by atoms with Gasteiger partial charge < -0.3 is 0 Å². The Morgan fingerprint density at radius 2 is 2.07 bits per heavy atom. The second kappa shape index (κ2) is 5.07. The molecule has 72 valence electrons. The minimum absolute atomic E-state index is 0.0943. The zero-order valence-electron chi connectivity index (χ0n) is 7.72. The van der Waals surface area contributed by atoms with Crippen molar-refractivity contribution in [2.45, 2.75) is 12.5 Å². The van der Waals surface area contributed by atoms with Crippen LogP contribution in [0.5, 0.6) is 0 Å². The lowest BCUT2D eigenvalue weighted by molar-refractivity contribution is -0.114. The summed E-state index contributed by atoms with van der Waals surface area (Å²) in [5, 5.41) is 2.93. The second-order valence-electron chi connectivity index (χ2n) is 2.91. The third-order valence-electron chi connectivity index (χ3n) is 1.93. The first-order chi connectivity index (χ1) is 6.77. The molecule has 1 rings (SSSR count). The number of hydrogen-bond donors (Lipinski definition) is 0. The number of carbonyl (C=O) groups excluding carboxylic acids is 1. The fraction of sp³-hybridized carbons (Fsp3) is 0.182. The SMILES string of the molecule is C=CC(=O)CC(N=O)c1ccccc1. The van der Waals surface area contributed by atoms with Gasteiger partial charge in [0, 0.05) is 6.42 Å². The van der Waals surface area contributed by atoms with Crippen LogP contribution in [0.4, 0.5) is 0 Å². The number of benzene rings is 1. The van der Waals surface area contributed by atoms with Crippen molar-refractivity contribution in [1.29, 1.82) is 0 Å². The van der Waals surface area contributed by atoms with Crippen LogP contribution in [0.15, 0.2) is 48.2 Å². The highest BCUT2D eigenvalue weighted by Crippen LogP contribution is 2.20. The summed E-state index contributed by atoms with van der Waals surface area (Å²) >= 11 is 0. The van der Waals surface area contributed by atoms with Crippen LogP contribution in [0.25, 0.3) is 0 Å². The number of nitroso groups, excluding NO2 is 1. The smallest absolute Gasteiger partial charge is 0.157 e. The van der Waals surface area contributed by atoms with E-state index in [-0.39, 0.29) is 12.2 Å². The predicted molar refractivity (Wildman–Crippen MR) is 54.8 cm³/mol. The molecule has 0 N–H and O–H groups in total. The highest BCUT2D eigenvalue weighted by Gasteiger charge is 2.13. The number of allylic oxidation sites excluding steroid dienone is 1. The molecule has 0 aliphatic heterocycles. The highest BCUT2D eigenvalue weighted by atomic mass is 16.3. The maximum Gasteiger partial charge on any atom is 0.157 e. The Morgan fingerprint density at radius 3 is 2.57 bits per heavy atom. The van der Waals surface area contributed by atoms with Crippen molar-refractivity contribution in [3.8, 4) is 0 Å². The summed E-state index contributed by atoms with van der Waals surface area (Å²) < 4.78 is 0. The molecule has 0 radical (unpaired) electrons. The molecule has 14 heavy (non-hydrogen) atoms. The monoisotopic (exact) mass is 189 g/mol. The summed E-state index contributed by atoms with van der Waals surface area (Å²) in [7, 11) is 0. The van der Waals surface area contributed by atoms with Gasteiger partial charge in [0.2, 0.25) is 0 Å². The van der Waals surface area contributed by atoms with E-state index < -0.39 is 6.04 Å². The van der Waals surface area contributed by atoms with E-state index >= 15 is 0 Å². The molecule has 0 fully saturated rings. The first-order valence-corrected chi connectivity index (χ1v) is 4.30. The summed E-state index contributed by atoms with van der Waals surface area (Å²) in [6, 6.07) is 8.44. The number of nitrogens with zero attached hydrogens (tertiary/aromatic N) is 1. The van der Waals surface area contributed by atoms with Crippen LogP contribution < -0.4 is 0 Å². The normalized spacial score (nSPS) is 11.7. The standard InChI is InChI=1S/C11H11NO2/c1-2-10(13)8-11(12-14)9-6-4-3-5-7-9/h2-7,11H,1,8H2. The van der Waals surface area contributed by atoms with Crippen molar-refractivity contribution in [3.63, 3.8) is 0 Å². The summed E-state index contributed by atoms with van der Waals surface area (Å²) in [5.74, 6) is -0.168. The Kier molecular flexibility index (Phi) is 3.73. The van der Waals surface area contributed by atoms with Gasteiger partial charge in [-0.1, -0.05) is 42.1 Å². The highest BCUT2D eigenvalue weighted by molar-refractivity contribution is 5.89. The Bertz CT molecular complexity index is 332.